The Labute approximate surface area is 303 Å². The van der Waals surface area contributed by atoms with Gasteiger partial charge in [0.2, 0.25) is 0 Å². The summed E-state index contributed by atoms with van der Waals surface area (Å²) >= 11 is 1.83. The van der Waals surface area contributed by atoms with Crippen LogP contribution in [0.15, 0.2) is 150 Å². The van der Waals surface area contributed by atoms with Crippen molar-refractivity contribution < 1.29 is 4.42 Å². The van der Waals surface area contributed by atoms with Crippen molar-refractivity contribution in [2.75, 3.05) is 0 Å². The molecule has 0 fully saturated rings. The van der Waals surface area contributed by atoms with Gasteiger partial charge < -0.3 is 4.42 Å². The van der Waals surface area contributed by atoms with Gasteiger partial charge in [0.1, 0.15) is 11.2 Å². The van der Waals surface area contributed by atoms with E-state index in [1.165, 1.54) is 42.1 Å². The van der Waals surface area contributed by atoms with Crippen molar-refractivity contribution in [3.05, 3.63) is 157 Å². The largest absolute Gasteiger partial charge is 0.455 e. The zero-order valence-electron chi connectivity index (χ0n) is 28.0. The van der Waals surface area contributed by atoms with Crippen LogP contribution in [-0.4, -0.2) is 15.0 Å². The van der Waals surface area contributed by atoms with Crippen LogP contribution in [0.5, 0.6) is 0 Å². The zero-order chi connectivity index (χ0) is 34.2. The third-order valence-corrected chi connectivity index (χ3v) is 11.5. The number of aromatic nitrogens is 3. The van der Waals surface area contributed by atoms with E-state index >= 15 is 0 Å². The van der Waals surface area contributed by atoms with Gasteiger partial charge >= 0.3 is 0 Å². The average molecular weight is 684 g/mol. The molecule has 1 aliphatic carbocycles. The number of hydrogen-bond donors (Lipinski definition) is 0. The second kappa shape index (κ2) is 11.6. The Morgan fingerprint density at radius 1 is 0.519 bits per heavy atom. The van der Waals surface area contributed by atoms with E-state index in [1.54, 1.807) is 0 Å². The molecule has 3 aromatic heterocycles. The monoisotopic (exact) mass is 683 g/mol. The highest BCUT2D eigenvalue weighted by Crippen LogP contribution is 2.44. The summed E-state index contributed by atoms with van der Waals surface area (Å²) in [5, 5.41) is 7.04. The molecule has 0 bridgehead atoms. The smallest absolute Gasteiger partial charge is 0.164 e. The summed E-state index contributed by atoms with van der Waals surface area (Å²) in [5.74, 6) is 1.95. The molecule has 4 nitrogen and oxygen atoms in total. The van der Waals surface area contributed by atoms with Crippen molar-refractivity contribution >= 4 is 70.3 Å². The van der Waals surface area contributed by atoms with Crippen LogP contribution in [0.25, 0.3) is 104 Å². The van der Waals surface area contributed by atoms with Gasteiger partial charge in [-0.25, -0.2) is 15.0 Å². The van der Waals surface area contributed by atoms with E-state index in [0.717, 1.165) is 62.6 Å². The molecule has 0 saturated carbocycles. The molecule has 0 radical (unpaired) electrons. The highest BCUT2D eigenvalue weighted by atomic mass is 32.1. The maximum Gasteiger partial charge on any atom is 0.164 e. The van der Waals surface area contributed by atoms with Gasteiger partial charge in [0.25, 0.3) is 0 Å². The fraction of sp³-hybridized carbons (Fsp3) is 0.0426. The molecule has 11 rings (SSSR count). The maximum atomic E-state index is 6.75. The molecule has 5 heteroatoms. The average Bonchev–Trinajstić information content (AvgIpc) is 3.79. The fourth-order valence-electron chi connectivity index (χ4n) is 7.97. The minimum Gasteiger partial charge on any atom is -0.455 e. The van der Waals surface area contributed by atoms with Crippen molar-refractivity contribution in [3.8, 4) is 45.3 Å². The summed E-state index contributed by atoms with van der Waals surface area (Å²) < 4.78 is 9.30. The number of para-hydroxylation sites is 1. The lowest BCUT2D eigenvalue weighted by atomic mass is 9.88. The van der Waals surface area contributed by atoms with E-state index < -0.39 is 0 Å². The molecule has 0 amide bonds. The fourth-order valence-corrected chi connectivity index (χ4v) is 9.12. The van der Waals surface area contributed by atoms with Crippen LogP contribution in [0.3, 0.4) is 0 Å². The Morgan fingerprint density at radius 3 is 2.13 bits per heavy atom. The van der Waals surface area contributed by atoms with Gasteiger partial charge in [0, 0.05) is 53.2 Å². The van der Waals surface area contributed by atoms with E-state index in [1.807, 2.05) is 41.7 Å². The van der Waals surface area contributed by atoms with Gasteiger partial charge in [0.05, 0.1) is 0 Å². The van der Waals surface area contributed by atoms with Crippen LogP contribution in [0.4, 0.5) is 0 Å². The van der Waals surface area contributed by atoms with Crippen molar-refractivity contribution in [2.45, 2.75) is 12.8 Å². The van der Waals surface area contributed by atoms with Crippen LogP contribution in [0.2, 0.25) is 0 Å². The summed E-state index contributed by atoms with van der Waals surface area (Å²) in [4.78, 5) is 15.7. The molecule has 0 saturated heterocycles. The number of benzene rings is 7. The normalized spacial score (nSPS) is 12.8. The molecular formula is C47H29N3OS. The lowest BCUT2D eigenvalue weighted by molar-refractivity contribution is 0.670. The second-order valence-corrected chi connectivity index (χ2v) is 14.5. The van der Waals surface area contributed by atoms with Gasteiger partial charge in [-0.3, -0.25) is 0 Å². The lowest BCUT2D eigenvalue weighted by Gasteiger charge is -2.19. The third-order valence-electron chi connectivity index (χ3n) is 10.4. The third kappa shape index (κ3) is 4.56. The quantitative estimate of drug-likeness (QED) is 0.185. The van der Waals surface area contributed by atoms with Crippen LogP contribution >= 0.6 is 11.3 Å². The van der Waals surface area contributed by atoms with Crippen molar-refractivity contribution in [1.82, 2.24) is 15.0 Å². The number of thiophene rings is 1. The Balaban J connectivity index is 1.17. The summed E-state index contributed by atoms with van der Waals surface area (Å²) in [6.07, 6.45) is 6.45. The standard InChI is InChI=1S/C47H29N3OS/c1-2-12-28(13-3-1)45-48-46(50-47(49-45)39-26-29-14-4-5-15-31(29)33-16-6-7-17-34(33)39)38-25-24-32(44-43(38)37-19-8-10-20-40(37)51-44)30-22-23-36-35-18-9-11-21-41(35)52-42(36)27-30/h1-6,8-16,18-27H,7,17H2. The Hall–Kier alpha value is -6.43. The predicted molar refractivity (Wildman–Crippen MR) is 217 cm³/mol. The van der Waals surface area contributed by atoms with Crippen LogP contribution in [0.1, 0.15) is 17.5 Å². The van der Waals surface area contributed by atoms with Crippen LogP contribution < -0.4 is 0 Å². The first-order chi connectivity index (χ1) is 25.8. The van der Waals surface area contributed by atoms with Gasteiger partial charge in [0.15, 0.2) is 17.5 Å². The Morgan fingerprint density at radius 2 is 1.23 bits per heavy atom. The molecule has 7 aromatic carbocycles. The first-order valence-corrected chi connectivity index (χ1v) is 18.5. The minimum atomic E-state index is 0.625. The summed E-state index contributed by atoms with van der Waals surface area (Å²) in [6.45, 7) is 0. The minimum absolute atomic E-state index is 0.625. The number of nitrogens with zero attached hydrogens (tertiary/aromatic N) is 3. The number of allylic oxidation sites excluding steroid dienone is 1. The number of rotatable bonds is 4. The lowest BCUT2D eigenvalue weighted by Crippen LogP contribution is -2.05. The van der Waals surface area contributed by atoms with E-state index in [4.69, 9.17) is 19.4 Å². The zero-order valence-corrected chi connectivity index (χ0v) is 28.8. The second-order valence-electron chi connectivity index (χ2n) is 13.4. The molecule has 244 valence electrons. The number of fused-ring (bicyclic) bond motifs is 9. The van der Waals surface area contributed by atoms with E-state index in [9.17, 15) is 0 Å². The number of hydrogen-bond acceptors (Lipinski definition) is 5. The molecule has 0 atom stereocenters. The Bertz CT molecular complexity index is 3080. The maximum absolute atomic E-state index is 6.75. The first kappa shape index (κ1) is 29.3. The highest BCUT2D eigenvalue weighted by molar-refractivity contribution is 7.25. The summed E-state index contributed by atoms with van der Waals surface area (Å²) in [7, 11) is 0. The molecule has 0 aliphatic heterocycles. The molecule has 3 heterocycles. The van der Waals surface area contributed by atoms with Gasteiger partial charge in [-0.1, -0.05) is 115 Å². The predicted octanol–water partition coefficient (Wildman–Crippen LogP) is 12.9. The van der Waals surface area contributed by atoms with Crippen LogP contribution in [-0.2, 0) is 6.42 Å². The van der Waals surface area contributed by atoms with Crippen molar-refractivity contribution in [1.29, 1.82) is 0 Å². The first-order valence-electron chi connectivity index (χ1n) is 17.7. The SMILES string of the molecule is C1=Cc2c(c(-c3nc(-c4ccccc4)nc(-c4ccc(-c5ccc6c(c5)sc5ccccc56)c5oc6ccccc6c45)n3)cc3ccccc23)CC1. The molecule has 0 unspecified atom stereocenters. The molecule has 10 aromatic rings. The summed E-state index contributed by atoms with van der Waals surface area (Å²) in [5.41, 5.74) is 9.28. The summed E-state index contributed by atoms with van der Waals surface area (Å²) in [6, 6.07) is 49.1. The van der Waals surface area contributed by atoms with Gasteiger partial charge in [-0.2, -0.15) is 0 Å². The molecule has 1 aliphatic rings. The van der Waals surface area contributed by atoms with Crippen molar-refractivity contribution in [2.24, 2.45) is 0 Å². The van der Waals surface area contributed by atoms with E-state index in [2.05, 4.69) is 121 Å². The van der Waals surface area contributed by atoms with E-state index in [-0.39, 0.29) is 0 Å². The number of furan rings is 1. The molecular weight excluding hydrogens is 655 g/mol. The highest BCUT2D eigenvalue weighted by Gasteiger charge is 2.23. The van der Waals surface area contributed by atoms with Gasteiger partial charge in [-0.15, -0.1) is 11.3 Å². The Kier molecular flexibility index (Phi) is 6.51. The molecule has 0 N–H and O–H groups in total. The topological polar surface area (TPSA) is 51.8 Å². The molecule has 0 spiro atoms. The van der Waals surface area contributed by atoms with Gasteiger partial charge in [-0.05, 0) is 76.7 Å². The van der Waals surface area contributed by atoms with Crippen molar-refractivity contribution in [3.63, 3.8) is 0 Å². The van der Waals surface area contributed by atoms with Crippen LogP contribution in [0, 0.1) is 0 Å². The molecule has 52 heavy (non-hydrogen) atoms. The van der Waals surface area contributed by atoms with E-state index in [0.29, 0.717) is 17.5 Å².